The van der Waals surface area contributed by atoms with Gasteiger partial charge in [-0.3, -0.25) is 9.59 Å². The third-order valence-electron chi connectivity index (χ3n) is 4.45. The molecule has 0 fully saturated rings. The van der Waals surface area contributed by atoms with Crippen molar-refractivity contribution in [2.24, 2.45) is 5.73 Å². The molecule has 0 aromatic heterocycles. The average molecular weight is 353 g/mol. The highest BCUT2D eigenvalue weighted by molar-refractivity contribution is 5.99. The monoisotopic (exact) mass is 353 g/mol. The Morgan fingerprint density at radius 2 is 2.08 bits per heavy atom. The summed E-state index contributed by atoms with van der Waals surface area (Å²) in [5.74, 6) is 0.503. The molecule has 0 radical (unpaired) electrons. The molecule has 0 unspecified atom stereocenters. The van der Waals surface area contributed by atoms with Crippen molar-refractivity contribution in [2.45, 2.75) is 25.8 Å². The number of nitrogens with two attached hydrogens (primary N) is 1. The number of carbonyl (C=O) groups excluding carboxylic acids is 2. The van der Waals surface area contributed by atoms with Crippen LogP contribution in [0.2, 0.25) is 0 Å². The second kappa shape index (κ2) is 7.58. The van der Waals surface area contributed by atoms with E-state index in [1.807, 2.05) is 42.5 Å². The van der Waals surface area contributed by atoms with E-state index in [0.717, 1.165) is 29.0 Å². The summed E-state index contributed by atoms with van der Waals surface area (Å²) in [5.41, 5.74) is 9.09. The van der Waals surface area contributed by atoms with Crippen molar-refractivity contribution in [2.75, 3.05) is 23.9 Å². The summed E-state index contributed by atoms with van der Waals surface area (Å²) < 4.78 is 5.21. The van der Waals surface area contributed by atoms with Crippen LogP contribution in [0, 0.1) is 0 Å². The molecule has 0 bridgehead atoms. The van der Waals surface area contributed by atoms with Crippen LogP contribution in [0.3, 0.4) is 0 Å². The number of anilines is 2. The fraction of sp³-hybridized carbons (Fsp3) is 0.300. The van der Waals surface area contributed by atoms with Crippen molar-refractivity contribution >= 4 is 23.2 Å². The summed E-state index contributed by atoms with van der Waals surface area (Å²) in [6.45, 7) is 2.27. The third kappa shape index (κ3) is 3.86. The normalized spacial score (nSPS) is 13.9. The van der Waals surface area contributed by atoms with Gasteiger partial charge in [-0.15, -0.1) is 0 Å². The molecule has 0 saturated heterocycles. The van der Waals surface area contributed by atoms with E-state index in [4.69, 9.17) is 10.5 Å². The summed E-state index contributed by atoms with van der Waals surface area (Å²) in [4.78, 5) is 26.4. The van der Waals surface area contributed by atoms with Crippen LogP contribution in [-0.2, 0) is 22.4 Å². The van der Waals surface area contributed by atoms with Crippen LogP contribution >= 0.6 is 0 Å². The van der Waals surface area contributed by atoms with Gasteiger partial charge in [0.25, 0.3) is 0 Å². The zero-order valence-corrected chi connectivity index (χ0v) is 15.0. The van der Waals surface area contributed by atoms with Crippen molar-refractivity contribution in [1.29, 1.82) is 0 Å². The van der Waals surface area contributed by atoms with Gasteiger partial charge in [0.05, 0.1) is 19.6 Å². The lowest BCUT2D eigenvalue weighted by Crippen LogP contribution is -2.32. The molecular formula is C20H23N3O3. The predicted molar refractivity (Wildman–Crippen MR) is 101 cm³/mol. The standard InChI is InChI=1S/C20H23N3O3/c1-13(21)20(25)22-16-7-6-15-8-9-23(18(15)12-16)19(24)11-14-4-3-5-17(10-14)26-2/h3-7,10,12-13H,8-9,11,21H2,1-2H3,(H,22,25)/t13-/m0/s1. The third-order valence-corrected chi connectivity index (χ3v) is 4.45. The van der Waals surface area contributed by atoms with E-state index >= 15 is 0 Å². The Bertz CT molecular complexity index is 833. The van der Waals surface area contributed by atoms with Gasteiger partial charge < -0.3 is 20.7 Å². The Morgan fingerprint density at radius 3 is 2.81 bits per heavy atom. The minimum absolute atomic E-state index is 0.0210. The Hall–Kier alpha value is -2.86. The van der Waals surface area contributed by atoms with Crippen molar-refractivity contribution in [3.8, 4) is 5.75 Å². The molecule has 0 saturated carbocycles. The minimum Gasteiger partial charge on any atom is -0.497 e. The van der Waals surface area contributed by atoms with Gasteiger partial charge in [-0.05, 0) is 48.7 Å². The highest BCUT2D eigenvalue weighted by atomic mass is 16.5. The maximum atomic E-state index is 12.8. The van der Waals surface area contributed by atoms with Crippen molar-refractivity contribution < 1.29 is 14.3 Å². The second-order valence-corrected chi connectivity index (χ2v) is 6.45. The molecule has 0 spiro atoms. The number of carbonyl (C=O) groups is 2. The molecule has 2 amide bonds. The summed E-state index contributed by atoms with van der Waals surface area (Å²) in [6.07, 6.45) is 1.10. The summed E-state index contributed by atoms with van der Waals surface area (Å²) >= 11 is 0. The lowest BCUT2D eigenvalue weighted by Gasteiger charge is -2.19. The van der Waals surface area contributed by atoms with Crippen LogP contribution in [0.15, 0.2) is 42.5 Å². The zero-order chi connectivity index (χ0) is 18.7. The molecule has 6 heteroatoms. The van der Waals surface area contributed by atoms with E-state index in [2.05, 4.69) is 5.32 Å². The van der Waals surface area contributed by atoms with E-state index in [0.29, 0.717) is 18.7 Å². The van der Waals surface area contributed by atoms with Gasteiger partial charge in [-0.25, -0.2) is 0 Å². The van der Waals surface area contributed by atoms with Gasteiger partial charge in [-0.2, -0.15) is 0 Å². The zero-order valence-electron chi connectivity index (χ0n) is 15.0. The van der Waals surface area contributed by atoms with E-state index in [9.17, 15) is 9.59 Å². The first-order chi connectivity index (χ1) is 12.5. The molecule has 2 aromatic carbocycles. The van der Waals surface area contributed by atoms with Crippen LogP contribution < -0.4 is 20.7 Å². The molecule has 1 atom stereocenters. The van der Waals surface area contributed by atoms with Gasteiger partial charge in [0, 0.05) is 17.9 Å². The highest BCUT2D eigenvalue weighted by Crippen LogP contribution is 2.31. The fourth-order valence-corrected chi connectivity index (χ4v) is 3.02. The first-order valence-corrected chi connectivity index (χ1v) is 8.60. The quantitative estimate of drug-likeness (QED) is 0.862. The second-order valence-electron chi connectivity index (χ2n) is 6.45. The molecule has 26 heavy (non-hydrogen) atoms. The van der Waals surface area contributed by atoms with Gasteiger partial charge in [0.15, 0.2) is 0 Å². The van der Waals surface area contributed by atoms with E-state index in [-0.39, 0.29) is 11.8 Å². The van der Waals surface area contributed by atoms with E-state index in [1.165, 1.54) is 0 Å². The summed E-state index contributed by atoms with van der Waals surface area (Å²) in [5, 5.41) is 2.78. The van der Waals surface area contributed by atoms with Crippen LogP contribution in [0.5, 0.6) is 5.75 Å². The van der Waals surface area contributed by atoms with Crippen molar-refractivity contribution in [1.82, 2.24) is 0 Å². The Morgan fingerprint density at radius 1 is 1.27 bits per heavy atom. The van der Waals surface area contributed by atoms with Gasteiger partial charge in [0.1, 0.15) is 5.75 Å². The average Bonchev–Trinajstić information content (AvgIpc) is 3.05. The molecule has 1 heterocycles. The topological polar surface area (TPSA) is 84.7 Å². The number of benzene rings is 2. The molecule has 3 N–H and O–H groups in total. The van der Waals surface area contributed by atoms with Crippen molar-refractivity contribution in [3.63, 3.8) is 0 Å². The highest BCUT2D eigenvalue weighted by Gasteiger charge is 2.25. The first-order valence-electron chi connectivity index (χ1n) is 8.60. The molecule has 6 nitrogen and oxygen atoms in total. The van der Waals surface area contributed by atoms with Gasteiger partial charge in [0.2, 0.25) is 11.8 Å². The minimum atomic E-state index is -0.589. The van der Waals surface area contributed by atoms with Crippen molar-refractivity contribution in [3.05, 3.63) is 53.6 Å². The van der Waals surface area contributed by atoms with Crippen LogP contribution in [0.25, 0.3) is 0 Å². The number of nitrogens with zero attached hydrogens (tertiary/aromatic N) is 1. The summed E-state index contributed by atoms with van der Waals surface area (Å²) in [6, 6.07) is 12.6. The number of ether oxygens (including phenoxy) is 1. The van der Waals surface area contributed by atoms with Gasteiger partial charge >= 0.3 is 0 Å². The van der Waals surface area contributed by atoms with Crippen LogP contribution in [-0.4, -0.2) is 31.5 Å². The number of amides is 2. The maximum absolute atomic E-state index is 12.8. The number of hydrogen-bond acceptors (Lipinski definition) is 4. The number of hydrogen-bond donors (Lipinski definition) is 2. The molecule has 3 rings (SSSR count). The lowest BCUT2D eigenvalue weighted by atomic mass is 10.1. The number of nitrogens with one attached hydrogen (secondary N) is 1. The maximum Gasteiger partial charge on any atom is 0.240 e. The lowest BCUT2D eigenvalue weighted by molar-refractivity contribution is -0.118. The summed E-state index contributed by atoms with van der Waals surface area (Å²) in [7, 11) is 1.61. The molecule has 0 aliphatic carbocycles. The smallest absolute Gasteiger partial charge is 0.240 e. The largest absolute Gasteiger partial charge is 0.497 e. The van der Waals surface area contributed by atoms with E-state index < -0.39 is 6.04 Å². The molecule has 1 aliphatic heterocycles. The number of fused-ring (bicyclic) bond motifs is 1. The Balaban J connectivity index is 1.77. The van der Waals surface area contributed by atoms with Crippen LogP contribution in [0.1, 0.15) is 18.1 Å². The van der Waals surface area contributed by atoms with Crippen LogP contribution in [0.4, 0.5) is 11.4 Å². The SMILES string of the molecule is COc1cccc(CC(=O)N2CCc3ccc(NC(=O)[C@H](C)N)cc32)c1. The molecular weight excluding hydrogens is 330 g/mol. The Labute approximate surface area is 152 Å². The Kier molecular flexibility index (Phi) is 5.23. The van der Waals surface area contributed by atoms with Gasteiger partial charge in [-0.1, -0.05) is 18.2 Å². The number of methoxy groups -OCH3 is 1. The fourth-order valence-electron chi connectivity index (χ4n) is 3.02. The number of rotatable bonds is 5. The molecule has 136 valence electrons. The van der Waals surface area contributed by atoms with E-state index in [1.54, 1.807) is 18.9 Å². The molecule has 2 aromatic rings. The first kappa shape index (κ1) is 17.9. The molecule has 1 aliphatic rings. The predicted octanol–water partition coefficient (Wildman–Crippen LogP) is 2.11.